The summed E-state index contributed by atoms with van der Waals surface area (Å²) in [5.41, 5.74) is 2.45. The number of nitrogens with zero attached hydrogens (tertiary/aromatic N) is 1. The van der Waals surface area contributed by atoms with Crippen LogP contribution in [-0.4, -0.2) is 44.2 Å². The molecule has 0 radical (unpaired) electrons. The van der Waals surface area contributed by atoms with E-state index in [1.807, 2.05) is 44.2 Å². The molecule has 3 aromatic carbocycles. The van der Waals surface area contributed by atoms with Crippen molar-refractivity contribution in [3.63, 3.8) is 0 Å². The van der Waals surface area contributed by atoms with Crippen LogP contribution in [0.3, 0.4) is 0 Å². The van der Waals surface area contributed by atoms with Gasteiger partial charge in [0.2, 0.25) is 10.0 Å². The van der Waals surface area contributed by atoms with Crippen molar-refractivity contribution in [3.8, 4) is 0 Å². The van der Waals surface area contributed by atoms with E-state index in [2.05, 4.69) is 0 Å². The normalized spacial score (nSPS) is 15.5. The highest BCUT2D eigenvalue weighted by Gasteiger charge is 2.33. The second-order valence-corrected chi connectivity index (χ2v) is 10.5. The summed E-state index contributed by atoms with van der Waals surface area (Å²) in [6, 6.07) is 18.2. The maximum Gasteiger partial charge on any atom is 0.309 e. The zero-order chi connectivity index (χ0) is 23.6. The summed E-state index contributed by atoms with van der Waals surface area (Å²) in [7, 11) is -3.60. The molecule has 0 atom stereocenters. The second kappa shape index (κ2) is 9.45. The lowest BCUT2D eigenvalue weighted by Crippen LogP contribution is -2.40. The molecule has 172 valence electrons. The standard InChI is InChI=1S/C26H27NO5S/c1-18-7-10-24(15-19(18)2)33(30,31)27-13-11-21(12-14-27)26(29)32-17-25(28)23-9-8-20-5-3-4-6-22(20)16-23/h3-10,15-16,21H,11-14,17H2,1-2H3. The van der Waals surface area contributed by atoms with Gasteiger partial charge < -0.3 is 4.74 Å². The number of aryl methyl sites for hydroxylation is 2. The van der Waals surface area contributed by atoms with Gasteiger partial charge in [0.1, 0.15) is 0 Å². The fourth-order valence-corrected chi connectivity index (χ4v) is 5.61. The van der Waals surface area contributed by atoms with E-state index in [1.54, 1.807) is 30.3 Å². The van der Waals surface area contributed by atoms with Crippen LogP contribution >= 0.6 is 0 Å². The Morgan fingerprint density at radius 1 is 0.909 bits per heavy atom. The molecule has 6 nitrogen and oxygen atoms in total. The van der Waals surface area contributed by atoms with Crippen LogP contribution < -0.4 is 0 Å². The van der Waals surface area contributed by atoms with Crippen LogP contribution in [0.2, 0.25) is 0 Å². The molecule has 4 rings (SSSR count). The van der Waals surface area contributed by atoms with Crippen molar-refractivity contribution in [3.05, 3.63) is 77.4 Å². The summed E-state index contributed by atoms with van der Waals surface area (Å²) in [6.07, 6.45) is 0.736. The number of piperidine rings is 1. The van der Waals surface area contributed by atoms with Gasteiger partial charge in [0.15, 0.2) is 12.4 Å². The highest BCUT2D eigenvalue weighted by Crippen LogP contribution is 2.26. The van der Waals surface area contributed by atoms with Crippen LogP contribution in [0.5, 0.6) is 0 Å². The highest BCUT2D eigenvalue weighted by atomic mass is 32.2. The number of hydrogen-bond donors (Lipinski definition) is 0. The summed E-state index contributed by atoms with van der Waals surface area (Å²) in [6.45, 7) is 3.99. The average Bonchev–Trinajstić information content (AvgIpc) is 2.83. The van der Waals surface area contributed by atoms with Crippen molar-refractivity contribution in [2.75, 3.05) is 19.7 Å². The molecule has 33 heavy (non-hydrogen) atoms. The van der Waals surface area contributed by atoms with Crippen molar-refractivity contribution in [2.45, 2.75) is 31.6 Å². The van der Waals surface area contributed by atoms with Gasteiger partial charge in [-0.05, 0) is 66.8 Å². The molecule has 1 heterocycles. The molecule has 0 amide bonds. The molecule has 1 fully saturated rings. The number of ketones is 1. The van der Waals surface area contributed by atoms with Crippen molar-refractivity contribution in [1.82, 2.24) is 4.31 Å². The Hall–Kier alpha value is -3.03. The number of esters is 1. The van der Waals surface area contributed by atoms with E-state index in [9.17, 15) is 18.0 Å². The third kappa shape index (κ3) is 4.99. The first kappa shape index (κ1) is 23.1. The molecule has 0 unspecified atom stereocenters. The smallest absolute Gasteiger partial charge is 0.309 e. The molecular weight excluding hydrogens is 438 g/mol. The number of Topliss-reactive ketones (excluding diaryl/α,β-unsaturated/α-hetero) is 1. The molecule has 7 heteroatoms. The minimum Gasteiger partial charge on any atom is -0.457 e. The Bertz CT molecular complexity index is 1310. The zero-order valence-electron chi connectivity index (χ0n) is 18.8. The number of carbonyl (C=O) groups is 2. The molecule has 0 saturated carbocycles. The maximum atomic E-state index is 13.0. The van der Waals surface area contributed by atoms with Gasteiger partial charge in [0.05, 0.1) is 10.8 Å². The first-order valence-electron chi connectivity index (χ1n) is 11.0. The Balaban J connectivity index is 1.32. The molecule has 3 aromatic rings. The number of rotatable bonds is 6. The molecule has 0 aliphatic carbocycles. The van der Waals surface area contributed by atoms with Crippen LogP contribution in [-0.2, 0) is 19.6 Å². The van der Waals surface area contributed by atoms with E-state index in [0.29, 0.717) is 18.4 Å². The molecule has 0 bridgehead atoms. The van der Waals surface area contributed by atoms with E-state index in [-0.39, 0.29) is 30.4 Å². The van der Waals surface area contributed by atoms with Crippen molar-refractivity contribution in [2.24, 2.45) is 5.92 Å². The number of hydrogen-bond acceptors (Lipinski definition) is 5. The molecule has 1 aliphatic rings. The summed E-state index contributed by atoms with van der Waals surface area (Å²) >= 11 is 0. The minimum atomic E-state index is -3.60. The number of carbonyl (C=O) groups excluding carboxylic acids is 2. The average molecular weight is 466 g/mol. The number of ether oxygens (including phenoxy) is 1. The van der Waals surface area contributed by atoms with E-state index in [0.717, 1.165) is 21.9 Å². The van der Waals surface area contributed by atoms with E-state index in [1.165, 1.54) is 4.31 Å². The van der Waals surface area contributed by atoms with Crippen LogP contribution in [0, 0.1) is 19.8 Å². The van der Waals surface area contributed by atoms with Gasteiger partial charge in [0, 0.05) is 18.7 Å². The van der Waals surface area contributed by atoms with Gasteiger partial charge in [-0.1, -0.05) is 42.5 Å². The van der Waals surface area contributed by atoms with Gasteiger partial charge in [-0.15, -0.1) is 0 Å². The Labute approximate surface area is 194 Å². The predicted molar refractivity (Wildman–Crippen MR) is 127 cm³/mol. The number of benzene rings is 3. The molecule has 0 N–H and O–H groups in total. The lowest BCUT2D eigenvalue weighted by molar-refractivity contribution is -0.148. The third-order valence-corrected chi connectivity index (χ3v) is 8.22. The molecule has 0 spiro atoms. The maximum absolute atomic E-state index is 13.0. The summed E-state index contributed by atoms with van der Waals surface area (Å²) in [4.78, 5) is 25.3. The molecular formula is C26H27NO5S. The van der Waals surface area contributed by atoms with E-state index < -0.39 is 21.9 Å². The topological polar surface area (TPSA) is 80.8 Å². The first-order valence-corrected chi connectivity index (χ1v) is 12.5. The van der Waals surface area contributed by atoms with Gasteiger partial charge in [-0.25, -0.2) is 8.42 Å². The largest absolute Gasteiger partial charge is 0.457 e. The fraction of sp³-hybridized carbons (Fsp3) is 0.308. The Kier molecular flexibility index (Phi) is 6.63. The zero-order valence-corrected chi connectivity index (χ0v) is 19.6. The van der Waals surface area contributed by atoms with Crippen LogP contribution in [0.25, 0.3) is 10.8 Å². The minimum absolute atomic E-state index is 0.244. The van der Waals surface area contributed by atoms with Crippen molar-refractivity contribution < 1.29 is 22.7 Å². The monoisotopic (exact) mass is 465 g/mol. The van der Waals surface area contributed by atoms with Gasteiger partial charge in [-0.3, -0.25) is 9.59 Å². The quantitative estimate of drug-likeness (QED) is 0.401. The second-order valence-electron chi connectivity index (χ2n) is 8.52. The third-order valence-electron chi connectivity index (χ3n) is 6.32. The van der Waals surface area contributed by atoms with Crippen LogP contribution in [0.15, 0.2) is 65.6 Å². The van der Waals surface area contributed by atoms with Gasteiger partial charge in [-0.2, -0.15) is 4.31 Å². The fourth-order valence-electron chi connectivity index (χ4n) is 4.06. The highest BCUT2D eigenvalue weighted by molar-refractivity contribution is 7.89. The van der Waals surface area contributed by atoms with Crippen molar-refractivity contribution >= 4 is 32.5 Å². The SMILES string of the molecule is Cc1ccc(S(=O)(=O)N2CCC(C(=O)OCC(=O)c3ccc4ccccc4c3)CC2)cc1C. The number of fused-ring (bicyclic) bond motifs is 1. The Morgan fingerprint density at radius 3 is 2.30 bits per heavy atom. The van der Waals surface area contributed by atoms with E-state index in [4.69, 9.17) is 4.74 Å². The van der Waals surface area contributed by atoms with Gasteiger partial charge in [0.25, 0.3) is 0 Å². The summed E-state index contributed by atoms with van der Waals surface area (Å²) in [5.74, 6) is -1.13. The molecule has 0 aromatic heterocycles. The first-order chi connectivity index (χ1) is 15.8. The lowest BCUT2D eigenvalue weighted by atomic mass is 9.98. The predicted octanol–water partition coefficient (Wildman–Crippen LogP) is 4.28. The molecule has 1 aliphatic heterocycles. The van der Waals surface area contributed by atoms with Gasteiger partial charge >= 0.3 is 5.97 Å². The Morgan fingerprint density at radius 2 is 1.61 bits per heavy atom. The summed E-state index contributed by atoms with van der Waals surface area (Å²) in [5, 5.41) is 1.99. The van der Waals surface area contributed by atoms with Crippen LogP contribution in [0.4, 0.5) is 0 Å². The van der Waals surface area contributed by atoms with E-state index >= 15 is 0 Å². The molecule has 1 saturated heterocycles. The number of sulfonamides is 1. The summed E-state index contributed by atoms with van der Waals surface area (Å²) < 4.78 is 32.6. The van der Waals surface area contributed by atoms with Crippen molar-refractivity contribution in [1.29, 1.82) is 0 Å². The lowest BCUT2D eigenvalue weighted by Gasteiger charge is -2.30. The van der Waals surface area contributed by atoms with Crippen LogP contribution in [0.1, 0.15) is 34.3 Å².